The van der Waals surface area contributed by atoms with Crippen LogP contribution in [-0.4, -0.2) is 31.7 Å². The van der Waals surface area contributed by atoms with Crippen molar-refractivity contribution in [1.82, 2.24) is 10.3 Å². The van der Waals surface area contributed by atoms with Crippen LogP contribution in [0.2, 0.25) is 0 Å². The summed E-state index contributed by atoms with van der Waals surface area (Å²) in [5.74, 6) is 0.781. The van der Waals surface area contributed by atoms with Gasteiger partial charge in [-0.1, -0.05) is 30.3 Å². The van der Waals surface area contributed by atoms with Crippen molar-refractivity contribution in [1.29, 1.82) is 0 Å². The Labute approximate surface area is 163 Å². The number of hydrogen-bond donors (Lipinski definition) is 1. The first kappa shape index (κ1) is 18.9. The van der Waals surface area contributed by atoms with Crippen LogP contribution in [0.25, 0.3) is 11.3 Å². The Morgan fingerprint density at radius 2 is 1.74 bits per heavy atom. The van der Waals surface area contributed by atoms with E-state index in [9.17, 15) is 4.79 Å². The molecular weight excluding hydrogens is 360 g/mol. The number of nitrogens with zero attached hydrogens (tertiary/aromatic N) is 1. The summed E-state index contributed by atoms with van der Waals surface area (Å²) < 4.78 is 10.6. The molecule has 0 radical (unpaired) electrons. The predicted molar refractivity (Wildman–Crippen MR) is 108 cm³/mol. The molecule has 0 spiro atoms. The highest BCUT2D eigenvalue weighted by molar-refractivity contribution is 7.09. The minimum atomic E-state index is -0.209. The summed E-state index contributed by atoms with van der Waals surface area (Å²) in [4.78, 5) is 17.1. The summed E-state index contributed by atoms with van der Waals surface area (Å²) in [6.45, 7) is 2.52. The molecule has 1 heterocycles. The molecule has 5 nitrogen and oxygen atoms in total. The van der Waals surface area contributed by atoms with Gasteiger partial charge in [-0.25, -0.2) is 4.98 Å². The molecule has 3 aromatic rings. The van der Waals surface area contributed by atoms with Gasteiger partial charge in [0.1, 0.15) is 17.1 Å². The van der Waals surface area contributed by atoms with Crippen LogP contribution in [0.15, 0.2) is 47.8 Å². The molecule has 0 unspecified atom stereocenters. The average molecular weight is 382 g/mol. The van der Waals surface area contributed by atoms with Gasteiger partial charge >= 0.3 is 0 Å². The molecule has 0 aliphatic rings. The van der Waals surface area contributed by atoms with Gasteiger partial charge in [-0.15, -0.1) is 11.3 Å². The Morgan fingerprint density at radius 1 is 1.07 bits per heavy atom. The lowest BCUT2D eigenvalue weighted by molar-refractivity contribution is 0.0948. The van der Waals surface area contributed by atoms with Gasteiger partial charge < -0.3 is 14.8 Å². The molecule has 1 aromatic heterocycles. The highest BCUT2D eigenvalue weighted by Gasteiger charge is 2.17. The Kier molecular flexibility index (Phi) is 6.08. The molecule has 27 heavy (non-hydrogen) atoms. The van der Waals surface area contributed by atoms with Crippen molar-refractivity contribution in [2.45, 2.75) is 13.3 Å². The van der Waals surface area contributed by atoms with Crippen molar-refractivity contribution in [3.63, 3.8) is 0 Å². The lowest BCUT2D eigenvalue weighted by atomic mass is 10.1. The number of methoxy groups -OCH3 is 2. The molecule has 3 rings (SSSR count). The number of carbonyl (C=O) groups excluding carboxylic acids is 1. The number of aromatic nitrogens is 1. The number of hydrogen-bond acceptors (Lipinski definition) is 5. The second-order valence-corrected chi connectivity index (χ2v) is 7.05. The first-order valence-electron chi connectivity index (χ1n) is 8.63. The monoisotopic (exact) mass is 382 g/mol. The lowest BCUT2D eigenvalue weighted by Crippen LogP contribution is -2.26. The topological polar surface area (TPSA) is 60.5 Å². The number of nitrogens with one attached hydrogen (secondary N) is 1. The number of rotatable bonds is 7. The van der Waals surface area contributed by atoms with Gasteiger partial charge in [0, 0.05) is 17.5 Å². The molecule has 0 bridgehead atoms. The number of thiazole rings is 1. The molecule has 1 N–H and O–H groups in total. The molecule has 6 heteroatoms. The van der Waals surface area contributed by atoms with Crippen molar-refractivity contribution < 1.29 is 14.3 Å². The molecule has 1 amide bonds. The maximum absolute atomic E-state index is 12.6. The van der Waals surface area contributed by atoms with E-state index in [2.05, 4.69) is 39.9 Å². The first-order valence-corrected chi connectivity index (χ1v) is 9.51. The van der Waals surface area contributed by atoms with Crippen LogP contribution < -0.4 is 14.8 Å². The van der Waals surface area contributed by atoms with E-state index in [1.165, 1.54) is 14.2 Å². The molecule has 2 aromatic carbocycles. The average Bonchev–Trinajstić information content (AvgIpc) is 3.14. The summed E-state index contributed by atoms with van der Waals surface area (Å²) in [7, 11) is 3.08. The third kappa shape index (κ3) is 4.46. The third-order valence-corrected chi connectivity index (χ3v) is 5.00. The Balaban J connectivity index is 1.61. The van der Waals surface area contributed by atoms with Crippen molar-refractivity contribution >= 4 is 17.2 Å². The van der Waals surface area contributed by atoms with Crippen LogP contribution in [0.5, 0.6) is 11.5 Å². The minimum Gasteiger partial charge on any atom is -0.496 e. The predicted octanol–water partition coefficient (Wildman–Crippen LogP) is 4.11. The Bertz CT molecular complexity index is 897. The molecule has 0 saturated heterocycles. The minimum absolute atomic E-state index is 0.209. The molecule has 0 saturated carbocycles. The lowest BCUT2D eigenvalue weighted by Gasteiger charge is -2.13. The molecule has 0 fully saturated rings. The number of aryl methyl sites for hydroxylation is 1. The van der Waals surface area contributed by atoms with Gasteiger partial charge in [0.15, 0.2) is 0 Å². The zero-order valence-corrected chi connectivity index (χ0v) is 16.4. The second kappa shape index (κ2) is 8.68. The maximum Gasteiger partial charge on any atom is 0.258 e. The summed E-state index contributed by atoms with van der Waals surface area (Å²) in [5, 5.41) is 6.06. The van der Waals surface area contributed by atoms with E-state index in [-0.39, 0.29) is 5.91 Å². The highest BCUT2D eigenvalue weighted by atomic mass is 32.1. The van der Waals surface area contributed by atoms with E-state index >= 15 is 0 Å². The number of benzene rings is 2. The van der Waals surface area contributed by atoms with Gasteiger partial charge in [-0.05, 0) is 31.0 Å². The van der Waals surface area contributed by atoms with E-state index in [0.29, 0.717) is 23.6 Å². The van der Waals surface area contributed by atoms with Crippen molar-refractivity contribution in [2.75, 3.05) is 20.8 Å². The van der Waals surface area contributed by atoms with Crippen LogP contribution in [0.3, 0.4) is 0 Å². The summed E-state index contributed by atoms with van der Waals surface area (Å²) in [5.41, 5.74) is 3.67. The molecular formula is C21H22N2O3S. The molecule has 0 aliphatic carbocycles. The standard InChI is InChI=1S/C21H22N2O3S/c1-14-23-17(13-27-14)16-9-7-15(8-10-16)11-12-22-21(24)20-18(25-2)5-4-6-19(20)26-3/h4-10,13H,11-12H2,1-3H3,(H,22,24). The van der Waals surface area contributed by atoms with Gasteiger partial charge in [-0.2, -0.15) is 0 Å². The fourth-order valence-electron chi connectivity index (χ4n) is 2.82. The SMILES string of the molecule is COc1cccc(OC)c1C(=O)NCCc1ccc(-c2csc(C)n2)cc1. The highest BCUT2D eigenvalue weighted by Crippen LogP contribution is 2.28. The summed E-state index contributed by atoms with van der Waals surface area (Å²) in [6, 6.07) is 13.6. The maximum atomic E-state index is 12.6. The van der Waals surface area contributed by atoms with Crippen LogP contribution >= 0.6 is 11.3 Å². The first-order chi connectivity index (χ1) is 13.1. The van der Waals surface area contributed by atoms with Crippen LogP contribution in [-0.2, 0) is 6.42 Å². The fraction of sp³-hybridized carbons (Fsp3) is 0.238. The number of amides is 1. The van der Waals surface area contributed by atoms with E-state index in [1.54, 1.807) is 29.5 Å². The summed E-state index contributed by atoms with van der Waals surface area (Å²) >= 11 is 1.65. The molecule has 0 atom stereocenters. The zero-order valence-electron chi connectivity index (χ0n) is 15.6. The zero-order chi connectivity index (χ0) is 19.2. The van der Waals surface area contributed by atoms with E-state index in [4.69, 9.17) is 9.47 Å². The Hall–Kier alpha value is -2.86. The van der Waals surface area contributed by atoms with Crippen molar-refractivity contribution in [3.8, 4) is 22.8 Å². The normalized spacial score (nSPS) is 10.5. The smallest absolute Gasteiger partial charge is 0.258 e. The van der Waals surface area contributed by atoms with Gasteiger partial charge in [0.05, 0.1) is 24.9 Å². The number of carbonyl (C=O) groups is 1. The van der Waals surface area contributed by atoms with Crippen LogP contribution in [0, 0.1) is 6.92 Å². The van der Waals surface area contributed by atoms with Gasteiger partial charge in [0.25, 0.3) is 5.91 Å². The molecule has 140 valence electrons. The second-order valence-electron chi connectivity index (χ2n) is 5.99. The Morgan fingerprint density at radius 3 is 2.30 bits per heavy atom. The fourth-order valence-corrected chi connectivity index (χ4v) is 3.44. The summed E-state index contributed by atoms with van der Waals surface area (Å²) in [6.07, 6.45) is 0.736. The largest absolute Gasteiger partial charge is 0.496 e. The molecule has 0 aliphatic heterocycles. The van der Waals surface area contributed by atoms with E-state index < -0.39 is 0 Å². The van der Waals surface area contributed by atoms with Crippen LogP contribution in [0.1, 0.15) is 20.9 Å². The van der Waals surface area contributed by atoms with E-state index in [0.717, 1.165) is 28.2 Å². The van der Waals surface area contributed by atoms with E-state index in [1.807, 2.05) is 6.92 Å². The third-order valence-electron chi connectivity index (χ3n) is 4.22. The van der Waals surface area contributed by atoms with Gasteiger partial charge in [0.2, 0.25) is 0 Å². The van der Waals surface area contributed by atoms with Crippen LogP contribution in [0.4, 0.5) is 0 Å². The van der Waals surface area contributed by atoms with Crippen molar-refractivity contribution in [2.24, 2.45) is 0 Å². The van der Waals surface area contributed by atoms with Gasteiger partial charge in [-0.3, -0.25) is 4.79 Å². The quantitative estimate of drug-likeness (QED) is 0.668. The van der Waals surface area contributed by atoms with Crippen molar-refractivity contribution in [3.05, 3.63) is 64.0 Å². The number of ether oxygens (including phenoxy) is 2.